The van der Waals surface area contributed by atoms with Crippen LogP contribution in [0.2, 0.25) is 0 Å². The second-order valence-corrected chi connectivity index (χ2v) is 5.05. The number of nitrogens with two attached hydrogens (primary N) is 1. The molecule has 0 spiro atoms. The standard InChI is InChI=1S/C11H14N8OS/c12-18-8-15-9(19-4-6-20-7-5-19)17-11(16-8)21-10-13-2-1-3-14-10/h1-3H,4-7,12H2,(H,15,16,17,18). The molecule has 0 atom stereocenters. The minimum atomic E-state index is 0.310. The van der Waals surface area contributed by atoms with E-state index in [9.17, 15) is 0 Å². The molecule has 0 unspecified atom stereocenters. The lowest BCUT2D eigenvalue weighted by Gasteiger charge is -2.26. The summed E-state index contributed by atoms with van der Waals surface area (Å²) in [6.45, 7) is 2.78. The highest BCUT2D eigenvalue weighted by Gasteiger charge is 2.17. The van der Waals surface area contributed by atoms with Crippen LogP contribution in [0.1, 0.15) is 0 Å². The van der Waals surface area contributed by atoms with E-state index in [2.05, 4.69) is 30.3 Å². The average molecular weight is 306 g/mol. The van der Waals surface area contributed by atoms with Crippen LogP contribution in [0.25, 0.3) is 0 Å². The van der Waals surface area contributed by atoms with Gasteiger partial charge in [0.2, 0.25) is 17.1 Å². The molecule has 0 radical (unpaired) electrons. The van der Waals surface area contributed by atoms with Gasteiger partial charge in [0.25, 0.3) is 0 Å². The summed E-state index contributed by atoms with van der Waals surface area (Å²) in [7, 11) is 0. The van der Waals surface area contributed by atoms with Gasteiger partial charge in [-0.3, -0.25) is 5.43 Å². The largest absolute Gasteiger partial charge is 0.378 e. The van der Waals surface area contributed by atoms with Crippen molar-refractivity contribution in [3.8, 4) is 0 Å². The first-order chi connectivity index (χ1) is 10.3. The summed E-state index contributed by atoms with van der Waals surface area (Å²) in [5, 5.41) is 1.06. The third kappa shape index (κ3) is 3.54. The van der Waals surface area contributed by atoms with Crippen molar-refractivity contribution in [3.63, 3.8) is 0 Å². The highest BCUT2D eigenvalue weighted by atomic mass is 32.2. The number of morpholine rings is 1. The van der Waals surface area contributed by atoms with Crippen LogP contribution in [-0.2, 0) is 4.74 Å². The van der Waals surface area contributed by atoms with Gasteiger partial charge in [-0.1, -0.05) is 0 Å². The Kier molecular flexibility index (Phi) is 4.38. The van der Waals surface area contributed by atoms with Crippen molar-refractivity contribution in [1.29, 1.82) is 0 Å². The Morgan fingerprint density at radius 2 is 1.86 bits per heavy atom. The van der Waals surface area contributed by atoms with Crippen LogP contribution >= 0.6 is 11.8 Å². The Bertz CT molecular complexity index is 592. The Morgan fingerprint density at radius 1 is 1.10 bits per heavy atom. The summed E-state index contributed by atoms with van der Waals surface area (Å²) in [4.78, 5) is 23.2. The molecule has 2 aromatic rings. The van der Waals surface area contributed by atoms with Crippen molar-refractivity contribution in [3.05, 3.63) is 18.5 Å². The molecule has 2 aromatic heterocycles. The molecule has 3 heterocycles. The average Bonchev–Trinajstić information content (AvgIpc) is 2.56. The predicted molar refractivity (Wildman–Crippen MR) is 76.8 cm³/mol. The van der Waals surface area contributed by atoms with E-state index in [1.807, 2.05) is 4.90 Å². The molecule has 0 saturated carbocycles. The number of aromatic nitrogens is 5. The van der Waals surface area contributed by atoms with E-state index in [-0.39, 0.29) is 0 Å². The SMILES string of the molecule is NNc1nc(Sc2ncccn2)nc(N2CCOCC2)n1. The number of nitrogens with zero attached hydrogens (tertiary/aromatic N) is 6. The summed E-state index contributed by atoms with van der Waals surface area (Å²) in [6.07, 6.45) is 3.34. The topological polar surface area (TPSA) is 115 Å². The molecule has 3 N–H and O–H groups in total. The monoisotopic (exact) mass is 306 g/mol. The quantitative estimate of drug-likeness (QED) is 0.452. The lowest BCUT2D eigenvalue weighted by Crippen LogP contribution is -2.37. The fourth-order valence-electron chi connectivity index (χ4n) is 1.78. The van der Waals surface area contributed by atoms with Crippen molar-refractivity contribution in [1.82, 2.24) is 24.9 Å². The molecule has 0 aromatic carbocycles. The highest BCUT2D eigenvalue weighted by molar-refractivity contribution is 7.99. The van der Waals surface area contributed by atoms with Gasteiger partial charge in [0, 0.05) is 25.5 Å². The van der Waals surface area contributed by atoms with Crippen molar-refractivity contribution >= 4 is 23.7 Å². The van der Waals surface area contributed by atoms with E-state index >= 15 is 0 Å². The zero-order valence-electron chi connectivity index (χ0n) is 11.1. The van der Waals surface area contributed by atoms with Gasteiger partial charge in [0.1, 0.15) is 0 Å². The van der Waals surface area contributed by atoms with Crippen LogP contribution in [-0.4, -0.2) is 51.2 Å². The second kappa shape index (κ2) is 6.61. The molecular weight excluding hydrogens is 292 g/mol. The maximum atomic E-state index is 5.42. The van der Waals surface area contributed by atoms with E-state index in [0.29, 0.717) is 35.4 Å². The second-order valence-electron chi connectivity index (χ2n) is 4.12. The van der Waals surface area contributed by atoms with Gasteiger partial charge in [-0.25, -0.2) is 15.8 Å². The number of hydrogen-bond acceptors (Lipinski definition) is 10. The van der Waals surface area contributed by atoms with E-state index in [1.165, 1.54) is 11.8 Å². The molecular formula is C11H14N8OS. The summed E-state index contributed by atoms with van der Waals surface area (Å²) >= 11 is 1.26. The minimum Gasteiger partial charge on any atom is -0.378 e. The van der Waals surface area contributed by atoms with Crippen LogP contribution in [0, 0.1) is 0 Å². The van der Waals surface area contributed by atoms with Crippen molar-refractivity contribution in [2.45, 2.75) is 10.3 Å². The maximum Gasteiger partial charge on any atom is 0.242 e. The predicted octanol–water partition coefficient (Wildman–Crippen LogP) is -0.0650. The van der Waals surface area contributed by atoms with Gasteiger partial charge in [0.05, 0.1) is 13.2 Å². The Labute approximate surface area is 125 Å². The number of nitrogens with one attached hydrogen (secondary N) is 1. The van der Waals surface area contributed by atoms with Crippen LogP contribution in [0.5, 0.6) is 0 Å². The lowest BCUT2D eigenvalue weighted by molar-refractivity contribution is 0.122. The van der Waals surface area contributed by atoms with Gasteiger partial charge in [-0.2, -0.15) is 15.0 Å². The van der Waals surface area contributed by atoms with E-state index in [1.54, 1.807) is 18.5 Å². The number of ether oxygens (including phenoxy) is 1. The van der Waals surface area contributed by atoms with Crippen LogP contribution in [0.4, 0.5) is 11.9 Å². The molecule has 9 nitrogen and oxygen atoms in total. The van der Waals surface area contributed by atoms with Crippen LogP contribution < -0.4 is 16.2 Å². The van der Waals surface area contributed by atoms with Crippen LogP contribution in [0.15, 0.2) is 28.8 Å². The molecule has 1 fully saturated rings. The van der Waals surface area contributed by atoms with E-state index in [0.717, 1.165) is 13.1 Å². The molecule has 1 aliphatic heterocycles. The summed E-state index contributed by atoms with van der Waals surface area (Å²) in [6, 6.07) is 1.75. The van der Waals surface area contributed by atoms with Gasteiger partial charge in [0.15, 0.2) is 5.16 Å². The first kappa shape index (κ1) is 13.9. The fourth-order valence-corrected chi connectivity index (χ4v) is 2.43. The molecule has 21 heavy (non-hydrogen) atoms. The molecule has 0 aliphatic carbocycles. The number of hydrogen-bond donors (Lipinski definition) is 2. The number of anilines is 2. The van der Waals surface area contributed by atoms with Gasteiger partial charge < -0.3 is 9.64 Å². The number of nitrogen functional groups attached to an aromatic ring is 1. The molecule has 110 valence electrons. The third-order valence-electron chi connectivity index (χ3n) is 2.75. The van der Waals surface area contributed by atoms with Gasteiger partial charge in [-0.05, 0) is 17.8 Å². The van der Waals surface area contributed by atoms with Crippen molar-refractivity contribution in [2.24, 2.45) is 5.84 Å². The highest BCUT2D eigenvalue weighted by Crippen LogP contribution is 2.23. The Morgan fingerprint density at radius 3 is 2.57 bits per heavy atom. The number of rotatable bonds is 4. The minimum absolute atomic E-state index is 0.310. The number of hydrazine groups is 1. The molecule has 1 saturated heterocycles. The summed E-state index contributed by atoms with van der Waals surface area (Å²) in [5.74, 6) is 6.30. The Balaban J connectivity index is 1.85. The maximum absolute atomic E-state index is 5.42. The molecule has 0 bridgehead atoms. The smallest absolute Gasteiger partial charge is 0.242 e. The molecule has 0 amide bonds. The zero-order valence-corrected chi connectivity index (χ0v) is 12.0. The lowest BCUT2D eigenvalue weighted by atomic mass is 10.4. The van der Waals surface area contributed by atoms with E-state index < -0.39 is 0 Å². The zero-order chi connectivity index (χ0) is 14.5. The van der Waals surface area contributed by atoms with Crippen molar-refractivity contribution in [2.75, 3.05) is 36.6 Å². The Hall–Kier alpha value is -2.04. The first-order valence-corrected chi connectivity index (χ1v) is 7.17. The van der Waals surface area contributed by atoms with Crippen molar-refractivity contribution < 1.29 is 4.74 Å². The summed E-state index contributed by atoms with van der Waals surface area (Å²) in [5.41, 5.74) is 2.46. The third-order valence-corrected chi connectivity index (χ3v) is 3.51. The van der Waals surface area contributed by atoms with Gasteiger partial charge in [-0.15, -0.1) is 0 Å². The normalized spacial score (nSPS) is 15.0. The molecule has 10 heteroatoms. The van der Waals surface area contributed by atoms with E-state index in [4.69, 9.17) is 10.6 Å². The molecule has 1 aliphatic rings. The van der Waals surface area contributed by atoms with Gasteiger partial charge >= 0.3 is 0 Å². The summed E-state index contributed by atoms with van der Waals surface area (Å²) < 4.78 is 5.33. The van der Waals surface area contributed by atoms with Crippen LogP contribution in [0.3, 0.4) is 0 Å². The fraction of sp³-hybridized carbons (Fsp3) is 0.364. The first-order valence-electron chi connectivity index (χ1n) is 6.35. The molecule has 3 rings (SSSR count).